The van der Waals surface area contributed by atoms with E-state index < -0.39 is 33.0 Å². The molecule has 17 heavy (non-hydrogen) atoms. The molecular weight excluding hydrogens is 288 g/mol. The van der Waals surface area contributed by atoms with Crippen LogP contribution in [0.3, 0.4) is 0 Å². The Morgan fingerprint density at radius 2 is 2.18 bits per heavy atom. The van der Waals surface area contributed by atoms with Gasteiger partial charge in [0.2, 0.25) is 9.84 Å². The minimum Gasteiger partial charge on any atom is -0.481 e. The van der Waals surface area contributed by atoms with Gasteiger partial charge in [-0.3, -0.25) is 4.79 Å². The third-order valence-corrected chi connectivity index (χ3v) is 6.07. The van der Waals surface area contributed by atoms with E-state index in [0.717, 1.165) is 11.3 Å². The zero-order valence-electron chi connectivity index (χ0n) is 8.61. The Balaban J connectivity index is 2.71. The molecule has 0 fully saturated rings. The van der Waals surface area contributed by atoms with E-state index >= 15 is 0 Å². The summed E-state index contributed by atoms with van der Waals surface area (Å²) >= 11 is 6.74. The van der Waals surface area contributed by atoms with Gasteiger partial charge >= 0.3 is 5.97 Å². The van der Waals surface area contributed by atoms with Crippen LogP contribution in [0, 0.1) is 0 Å². The van der Waals surface area contributed by atoms with Crippen molar-refractivity contribution >= 4 is 38.7 Å². The fourth-order valence-corrected chi connectivity index (χ4v) is 4.32. The number of thiophene rings is 1. The van der Waals surface area contributed by atoms with Crippen molar-refractivity contribution in [1.82, 2.24) is 0 Å². The fourth-order valence-electron chi connectivity index (χ4n) is 1.18. The highest BCUT2D eigenvalue weighted by Gasteiger charge is 2.29. The third-order valence-electron chi connectivity index (χ3n) is 1.98. The fraction of sp³-hybridized carbons (Fsp3) is 0.444. The molecule has 8 heteroatoms. The van der Waals surface area contributed by atoms with Gasteiger partial charge in [-0.25, -0.2) is 8.42 Å². The Kier molecular flexibility index (Phi) is 4.93. The topological polar surface area (TPSA) is 91.7 Å². The molecule has 1 aromatic rings. The van der Waals surface area contributed by atoms with E-state index in [1.807, 2.05) is 0 Å². The molecule has 2 N–H and O–H groups in total. The molecule has 1 rings (SSSR count). The van der Waals surface area contributed by atoms with E-state index in [4.69, 9.17) is 16.7 Å². The minimum absolute atomic E-state index is 0.111. The number of halogens is 1. The molecule has 5 nitrogen and oxygen atoms in total. The van der Waals surface area contributed by atoms with Crippen LogP contribution in [0.4, 0.5) is 0 Å². The second-order valence-electron chi connectivity index (χ2n) is 3.37. The van der Waals surface area contributed by atoms with E-state index in [-0.39, 0.29) is 10.6 Å². The molecule has 1 aromatic heterocycles. The summed E-state index contributed by atoms with van der Waals surface area (Å²) in [4.78, 5) is 10.3. The summed E-state index contributed by atoms with van der Waals surface area (Å²) in [6.07, 6.45) is -2.11. The van der Waals surface area contributed by atoms with Gasteiger partial charge < -0.3 is 10.2 Å². The van der Waals surface area contributed by atoms with Crippen molar-refractivity contribution in [2.24, 2.45) is 0 Å². The zero-order chi connectivity index (χ0) is 13.1. The maximum Gasteiger partial charge on any atom is 0.305 e. The lowest BCUT2D eigenvalue weighted by Crippen LogP contribution is -2.23. The van der Waals surface area contributed by atoms with Crippen LogP contribution in [0.15, 0.2) is 21.7 Å². The van der Waals surface area contributed by atoms with E-state index in [1.165, 1.54) is 6.07 Å². The van der Waals surface area contributed by atoms with Crippen LogP contribution in [0.5, 0.6) is 0 Å². The number of hydrogen-bond acceptors (Lipinski definition) is 5. The van der Waals surface area contributed by atoms with Crippen molar-refractivity contribution in [3.05, 3.63) is 17.5 Å². The lowest BCUT2D eigenvalue weighted by atomic mass is 10.2. The third kappa shape index (κ3) is 3.95. The van der Waals surface area contributed by atoms with Crippen LogP contribution in [0.1, 0.15) is 12.8 Å². The lowest BCUT2D eigenvalue weighted by Gasteiger charge is -2.13. The number of carbonyl (C=O) groups is 1. The van der Waals surface area contributed by atoms with Gasteiger partial charge in [0, 0.05) is 6.42 Å². The molecule has 2 atom stereocenters. The average Bonchev–Trinajstić information content (AvgIpc) is 2.68. The standard InChI is InChI=1S/C9H11ClO5S2/c10-7(4-6(11)5-8(12)13)17(14,15)9-2-1-3-16-9/h1-3,6-7,11H,4-5H2,(H,12,13). The highest BCUT2D eigenvalue weighted by molar-refractivity contribution is 7.95. The molecule has 0 saturated carbocycles. The van der Waals surface area contributed by atoms with Gasteiger partial charge in [-0.1, -0.05) is 6.07 Å². The van der Waals surface area contributed by atoms with E-state index in [9.17, 15) is 18.3 Å². The molecule has 0 saturated heterocycles. The molecule has 0 radical (unpaired) electrons. The number of sulfone groups is 1. The van der Waals surface area contributed by atoms with Crippen molar-refractivity contribution in [2.45, 2.75) is 27.9 Å². The Morgan fingerprint density at radius 1 is 1.53 bits per heavy atom. The van der Waals surface area contributed by atoms with Gasteiger partial charge in [0.05, 0.1) is 12.5 Å². The van der Waals surface area contributed by atoms with Crippen LogP contribution >= 0.6 is 22.9 Å². The molecule has 0 aromatic carbocycles. The Bertz CT molecular complexity index is 468. The number of rotatable bonds is 6. The van der Waals surface area contributed by atoms with Crippen molar-refractivity contribution < 1.29 is 23.4 Å². The minimum atomic E-state index is -3.70. The molecule has 0 amide bonds. The molecule has 96 valence electrons. The SMILES string of the molecule is O=C(O)CC(O)CC(Cl)S(=O)(=O)c1cccs1. The second kappa shape index (κ2) is 5.81. The molecular formula is C9H11ClO5S2. The number of carboxylic acid groups (broad SMARTS) is 1. The Morgan fingerprint density at radius 3 is 2.65 bits per heavy atom. The van der Waals surface area contributed by atoms with E-state index in [1.54, 1.807) is 11.4 Å². The molecule has 0 bridgehead atoms. The largest absolute Gasteiger partial charge is 0.481 e. The Hall–Kier alpha value is -0.630. The molecule has 0 aliphatic rings. The van der Waals surface area contributed by atoms with Gasteiger partial charge in [0.1, 0.15) is 8.92 Å². The smallest absolute Gasteiger partial charge is 0.305 e. The Labute approximate surface area is 108 Å². The molecule has 0 spiro atoms. The maximum atomic E-state index is 11.8. The number of aliphatic hydroxyl groups excluding tert-OH is 1. The first-order valence-corrected chi connectivity index (χ1v) is 7.51. The van der Waals surface area contributed by atoms with Crippen molar-refractivity contribution in [3.63, 3.8) is 0 Å². The van der Waals surface area contributed by atoms with Gasteiger partial charge in [0.15, 0.2) is 0 Å². The first kappa shape index (κ1) is 14.4. The van der Waals surface area contributed by atoms with Gasteiger partial charge in [-0.15, -0.1) is 22.9 Å². The first-order chi connectivity index (χ1) is 7.84. The number of carboxylic acids is 1. The monoisotopic (exact) mass is 298 g/mol. The van der Waals surface area contributed by atoms with Crippen molar-refractivity contribution in [1.29, 1.82) is 0 Å². The van der Waals surface area contributed by atoms with Crippen molar-refractivity contribution in [3.8, 4) is 0 Å². The quantitative estimate of drug-likeness (QED) is 0.773. The molecule has 0 aliphatic carbocycles. The van der Waals surface area contributed by atoms with Gasteiger partial charge in [-0.05, 0) is 11.4 Å². The average molecular weight is 299 g/mol. The molecule has 2 unspecified atom stereocenters. The molecule has 0 aliphatic heterocycles. The summed E-state index contributed by atoms with van der Waals surface area (Å²) in [5.74, 6) is -1.20. The lowest BCUT2D eigenvalue weighted by molar-refractivity contribution is -0.139. The summed E-state index contributed by atoms with van der Waals surface area (Å²) in [5.41, 5.74) is 0. The molecule has 1 heterocycles. The van der Waals surface area contributed by atoms with Crippen LogP contribution in [0.25, 0.3) is 0 Å². The number of aliphatic carboxylic acids is 1. The number of aliphatic hydroxyl groups is 1. The van der Waals surface area contributed by atoms with Crippen LogP contribution < -0.4 is 0 Å². The van der Waals surface area contributed by atoms with Gasteiger partial charge in [-0.2, -0.15) is 0 Å². The summed E-state index contributed by atoms with van der Waals surface area (Å²) in [5, 5.41) is 19.4. The predicted octanol–water partition coefficient (Wildman–Crippen LogP) is 1.31. The van der Waals surface area contributed by atoms with Crippen LogP contribution in [0.2, 0.25) is 0 Å². The summed E-state index contributed by atoms with van der Waals surface area (Å²) in [6, 6.07) is 2.99. The van der Waals surface area contributed by atoms with Crippen LogP contribution in [-0.2, 0) is 14.6 Å². The predicted molar refractivity (Wildman–Crippen MR) is 64.0 cm³/mol. The normalized spacial score (nSPS) is 15.4. The highest BCUT2D eigenvalue weighted by Crippen LogP contribution is 2.26. The zero-order valence-corrected chi connectivity index (χ0v) is 11.0. The van der Waals surface area contributed by atoms with Crippen molar-refractivity contribution in [2.75, 3.05) is 0 Å². The maximum absolute atomic E-state index is 11.8. The highest BCUT2D eigenvalue weighted by atomic mass is 35.5. The van der Waals surface area contributed by atoms with E-state index in [0.29, 0.717) is 0 Å². The number of alkyl halides is 1. The van der Waals surface area contributed by atoms with Gasteiger partial charge in [0.25, 0.3) is 0 Å². The summed E-state index contributed by atoms with van der Waals surface area (Å²) in [6.45, 7) is 0. The summed E-state index contributed by atoms with van der Waals surface area (Å²) < 4.78 is 22.5. The summed E-state index contributed by atoms with van der Waals surface area (Å²) in [7, 11) is -3.70. The second-order valence-corrected chi connectivity index (χ2v) is 7.47. The van der Waals surface area contributed by atoms with E-state index in [2.05, 4.69) is 0 Å². The number of hydrogen-bond donors (Lipinski definition) is 2. The first-order valence-electron chi connectivity index (χ1n) is 4.65. The van der Waals surface area contributed by atoms with Crippen LogP contribution in [-0.4, -0.2) is 35.4 Å².